The summed E-state index contributed by atoms with van der Waals surface area (Å²) in [4.78, 5) is 14.6. The highest BCUT2D eigenvalue weighted by atomic mass is 16.2. The monoisotopic (exact) mass is 289 g/mol. The van der Waals surface area contributed by atoms with Crippen molar-refractivity contribution in [2.24, 2.45) is 0 Å². The summed E-state index contributed by atoms with van der Waals surface area (Å²) in [5.41, 5.74) is 2.05. The molecule has 116 valence electrons. The molecule has 1 aliphatic heterocycles. The molecule has 21 heavy (non-hydrogen) atoms. The lowest BCUT2D eigenvalue weighted by molar-refractivity contribution is 0.188. The van der Waals surface area contributed by atoms with Crippen LogP contribution in [0.5, 0.6) is 0 Å². The Morgan fingerprint density at radius 1 is 1.43 bits per heavy atom. The molecule has 1 heterocycles. The molecule has 0 aliphatic carbocycles. The van der Waals surface area contributed by atoms with Crippen LogP contribution in [0.3, 0.4) is 0 Å². The van der Waals surface area contributed by atoms with E-state index in [0.717, 1.165) is 24.9 Å². The lowest BCUT2D eigenvalue weighted by atomic mass is 10.1. The number of nitrogens with zero attached hydrogens (tertiary/aromatic N) is 1. The molecular weight excluding hydrogens is 262 g/mol. The first-order chi connectivity index (χ1) is 10.1. The van der Waals surface area contributed by atoms with Crippen molar-refractivity contribution in [1.29, 1.82) is 0 Å². The van der Waals surface area contributed by atoms with Crippen LogP contribution in [0.4, 0.5) is 10.5 Å². The van der Waals surface area contributed by atoms with Gasteiger partial charge in [-0.2, -0.15) is 0 Å². The van der Waals surface area contributed by atoms with E-state index in [9.17, 15) is 4.79 Å². The molecule has 0 spiro atoms. The molecule has 0 aromatic heterocycles. The van der Waals surface area contributed by atoms with Crippen LogP contribution in [-0.4, -0.2) is 30.1 Å². The largest absolute Gasteiger partial charge is 0.322 e. The Kier molecular flexibility index (Phi) is 5.23. The molecule has 0 saturated carbocycles. The third kappa shape index (κ3) is 3.56. The topological polar surface area (TPSA) is 44.4 Å². The molecule has 1 aromatic rings. The number of nitrogens with one attached hydrogen (secondary N) is 2. The fraction of sp³-hybridized carbons (Fsp3) is 0.588. The standard InChI is InChI=1S/C17H27N3O/c1-5-16-10-9-12(2)20(16)17(21)19-15-8-6-7-14(11-15)13(3)18-4/h6-8,11-13,16,18H,5,9-10H2,1-4H3,(H,19,21). The zero-order valence-corrected chi connectivity index (χ0v) is 13.5. The minimum Gasteiger partial charge on any atom is -0.319 e. The predicted octanol–water partition coefficient (Wildman–Crippen LogP) is 3.76. The first kappa shape index (κ1) is 15.8. The molecule has 1 aromatic carbocycles. The summed E-state index contributed by atoms with van der Waals surface area (Å²) < 4.78 is 0. The van der Waals surface area contributed by atoms with Crippen molar-refractivity contribution in [2.75, 3.05) is 12.4 Å². The number of hydrogen-bond donors (Lipinski definition) is 2. The Bertz CT molecular complexity index is 489. The van der Waals surface area contributed by atoms with Crippen molar-refractivity contribution in [3.8, 4) is 0 Å². The molecule has 3 unspecified atom stereocenters. The second-order valence-electron chi connectivity index (χ2n) is 5.96. The van der Waals surface area contributed by atoms with Gasteiger partial charge in [-0.15, -0.1) is 0 Å². The van der Waals surface area contributed by atoms with E-state index in [1.54, 1.807) is 0 Å². The Labute approximate surface area is 127 Å². The molecular formula is C17H27N3O. The number of hydrogen-bond acceptors (Lipinski definition) is 2. The van der Waals surface area contributed by atoms with Crippen LogP contribution < -0.4 is 10.6 Å². The average molecular weight is 289 g/mol. The molecule has 4 nitrogen and oxygen atoms in total. The number of carbonyl (C=O) groups excluding carboxylic acids is 1. The first-order valence-corrected chi connectivity index (χ1v) is 7.93. The molecule has 2 N–H and O–H groups in total. The van der Waals surface area contributed by atoms with Crippen molar-refractivity contribution in [3.63, 3.8) is 0 Å². The summed E-state index contributed by atoms with van der Waals surface area (Å²) in [6.07, 6.45) is 3.24. The number of carbonyl (C=O) groups is 1. The van der Waals surface area contributed by atoms with E-state index in [1.165, 1.54) is 5.56 Å². The summed E-state index contributed by atoms with van der Waals surface area (Å²) in [6.45, 7) is 6.39. The van der Waals surface area contributed by atoms with Gasteiger partial charge in [-0.25, -0.2) is 4.79 Å². The van der Waals surface area contributed by atoms with Crippen LogP contribution >= 0.6 is 0 Å². The van der Waals surface area contributed by atoms with Gasteiger partial charge in [0.2, 0.25) is 0 Å². The smallest absolute Gasteiger partial charge is 0.319 e. The third-order valence-corrected chi connectivity index (χ3v) is 4.56. The average Bonchev–Trinajstić information content (AvgIpc) is 2.87. The zero-order valence-electron chi connectivity index (χ0n) is 13.5. The van der Waals surface area contributed by atoms with E-state index >= 15 is 0 Å². The number of benzene rings is 1. The molecule has 1 saturated heterocycles. The van der Waals surface area contributed by atoms with Gasteiger partial charge >= 0.3 is 6.03 Å². The quantitative estimate of drug-likeness (QED) is 0.886. The number of amides is 2. The Morgan fingerprint density at radius 2 is 2.19 bits per heavy atom. The fourth-order valence-electron chi connectivity index (χ4n) is 3.08. The number of urea groups is 1. The fourth-order valence-corrected chi connectivity index (χ4v) is 3.08. The van der Waals surface area contributed by atoms with Gasteiger partial charge in [-0.3, -0.25) is 0 Å². The summed E-state index contributed by atoms with van der Waals surface area (Å²) in [5, 5.41) is 6.27. The van der Waals surface area contributed by atoms with E-state index in [-0.39, 0.29) is 12.1 Å². The van der Waals surface area contributed by atoms with Gasteiger partial charge in [0.1, 0.15) is 0 Å². The Hall–Kier alpha value is -1.55. The van der Waals surface area contributed by atoms with Crippen molar-refractivity contribution < 1.29 is 4.79 Å². The SMILES string of the molecule is CCC1CCC(C)N1C(=O)Nc1cccc(C(C)NC)c1. The molecule has 2 rings (SSSR count). The van der Waals surface area contributed by atoms with Crippen LogP contribution in [0.1, 0.15) is 51.6 Å². The second-order valence-corrected chi connectivity index (χ2v) is 5.96. The van der Waals surface area contributed by atoms with Gasteiger partial charge in [-0.1, -0.05) is 19.1 Å². The van der Waals surface area contributed by atoms with Crippen molar-refractivity contribution >= 4 is 11.7 Å². The van der Waals surface area contributed by atoms with Crippen LogP contribution in [-0.2, 0) is 0 Å². The van der Waals surface area contributed by atoms with Crippen LogP contribution in [0.2, 0.25) is 0 Å². The summed E-state index contributed by atoms with van der Waals surface area (Å²) >= 11 is 0. The maximum atomic E-state index is 12.5. The second kappa shape index (κ2) is 6.94. The van der Waals surface area contributed by atoms with E-state index < -0.39 is 0 Å². The van der Waals surface area contributed by atoms with Crippen LogP contribution in [0, 0.1) is 0 Å². The van der Waals surface area contributed by atoms with Gasteiger partial charge in [0.05, 0.1) is 0 Å². The summed E-state index contributed by atoms with van der Waals surface area (Å²) in [5.74, 6) is 0. The maximum Gasteiger partial charge on any atom is 0.322 e. The van der Waals surface area contributed by atoms with Crippen molar-refractivity contribution in [3.05, 3.63) is 29.8 Å². The molecule has 4 heteroatoms. The predicted molar refractivity (Wildman–Crippen MR) is 87.5 cm³/mol. The van der Waals surface area contributed by atoms with E-state index in [2.05, 4.69) is 37.5 Å². The van der Waals surface area contributed by atoms with E-state index in [4.69, 9.17) is 0 Å². The van der Waals surface area contributed by atoms with Gasteiger partial charge in [-0.05, 0) is 57.9 Å². The summed E-state index contributed by atoms with van der Waals surface area (Å²) in [6, 6.07) is 9.06. The lowest BCUT2D eigenvalue weighted by Gasteiger charge is -2.28. The Morgan fingerprint density at radius 3 is 2.86 bits per heavy atom. The number of rotatable bonds is 4. The van der Waals surface area contributed by atoms with Gasteiger partial charge in [0.15, 0.2) is 0 Å². The van der Waals surface area contributed by atoms with E-state index in [0.29, 0.717) is 12.1 Å². The normalized spacial score (nSPS) is 23.1. The Balaban J connectivity index is 2.09. The van der Waals surface area contributed by atoms with Crippen LogP contribution in [0.25, 0.3) is 0 Å². The van der Waals surface area contributed by atoms with Crippen molar-refractivity contribution in [1.82, 2.24) is 10.2 Å². The molecule has 0 radical (unpaired) electrons. The van der Waals surface area contributed by atoms with Gasteiger partial charge < -0.3 is 15.5 Å². The molecule has 2 amide bonds. The number of likely N-dealkylation sites (tertiary alicyclic amines) is 1. The highest BCUT2D eigenvalue weighted by molar-refractivity contribution is 5.90. The first-order valence-electron chi connectivity index (χ1n) is 7.93. The minimum atomic E-state index is 0.0288. The minimum absolute atomic E-state index is 0.0288. The maximum absolute atomic E-state index is 12.5. The molecule has 3 atom stereocenters. The van der Waals surface area contributed by atoms with Gasteiger partial charge in [0, 0.05) is 23.8 Å². The van der Waals surface area contributed by atoms with E-state index in [1.807, 2.05) is 30.1 Å². The molecule has 1 aliphatic rings. The number of anilines is 1. The zero-order chi connectivity index (χ0) is 15.4. The van der Waals surface area contributed by atoms with Crippen LogP contribution in [0.15, 0.2) is 24.3 Å². The molecule has 0 bridgehead atoms. The summed E-state index contributed by atoms with van der Waals surface area (Å²) in [7, 11) is 1.94. The van der Waals surface area contributed by atoms with Gasteiger partial charge in [0.25, 0.3) is 0 Å². The lowest BCUT2D eigenvalue weighted by Crippen LogP contribution is -2.42. The van der Waals surface area contributed by atoms with Crippen molar-refractivity contribution in [2.45, 2.75) is 58.2 Å². The highest BCUT2D eigenvalue weighted by Crippen LogP contribution is 2.27. The molecule has 1 fully saturated rings. The third-order valence-electron chi connectivity index (χ3n) is 4.56. The highest BCUT2D eigenvalue weighted by Gasteiger charge is 2.33.